The van der Waals surface area contributed by atoms with Crippen LogP contribution in [-0.2, 0) is 17.7 Å². The fourth-order valence-electron chi connectivity index (χ4n) is 2.16. The molecule has 3 heteroatoms. The summed E-state index contributed by atoms with van der Waals surface area (Å²) >= 11 is 6.19. The monoisotopic (exact) mass is 289 g/mol. The van der Waals surface area contributed by atoms with Crippen molar-refractivity contribution in [1.29, 1.82) is 0 Å². The van der Waals surface area contributed by atoms with E-state index in [9.17, 15) is 0 Å². The summed E-state index contributed by atoms with van der Waals surface area (Å²) in [6.45, 7) is 1.53. The topological polar surface area (TPSA) is 21.3 Å². The molecule has 0 aliphatic rings. The van der Waals surface area contributed by atoms with Crippen molar-refractivity contribution in [1.82, 2.24) is 5.32 Å². The predicted octanol–water partition coefficient (Wildman–Crippen LogP) is 3.92. The van der Waals surface area contributed by atoms with Gasteiger partial charge in [-0.2, -0.15) is 0 Å². The molecule has 0 saturated carbocycles. The third-order valence-electron chi connectivity index (χ3n) is 3.30. The van der Waals surface area contributed by atoms with Crippen LogP contribution in [0.5, 0.6) is 0 Å². The maximum absolute atomic E-state index is 6.19. The van der Waals surface area contributed by atoms with Gasteiger partial charge in [0.15, 0.2) is 0 Å². The number of benzene rings is 2. The average Bonchev–Trinajstić information content (AvgIpc) is 2.48. The van der Waals surface area contributed by atoms with Gasteiger partial charge < -0.3 is 10.1 Å². The summed E-state index contributed by atoms with van der Waals surface area (Å²) < 4.78 is 5.09. The summed E-state index contributed by atoms with van der Waals surface area (Å²) in [4.78, 5) is 0. The van der Waals surface area contributed by atoms with Crippen molar-refractivity contribution in [2.75, 3.05) is 20.8 Å². The van der Waals surface area contributed by atoms with Crippen molar-refractivity contribution < 1.29 is 4.74 Å². The molecule has 1 N–H and O–H groups in total. The van der Waals surface area contributed by atoms with Crippen LogP contribution in [0.2, 0.25) is 5.02 Å². The zero-order valence-electron chi connectivity index (χ0n) is 11.9. The molecule has 0 atom stereocenters. The molecule has 0 aliphatic heterocycles. The normalized spacial score (nSPS) is 10.8. The SMILES string of the molecule is CNCc1cc(-c2ccc(CCOC)cc2)ccc1Cl. The van der Waals surface area contributed by atoms with Crippen molar-refractivity contribution in [3.05, 3.63) is 58.6 Å². The van der Waals surface area contributed by atoms with Crippen molar-refractivity contribution in [3.63, 3.8) is 0 Å². The van der Waals surface area contributed by atoms with E-state index in [0.717, 1.165) is 30.2 Å². The quantitative estimate of drug-likeness (QED) is 0.870. The van der Waals surface area contributed by atoms with E-state index < -0.39 is 0 Å². The second kappa shape index (κ2) is 7.44. The average molecular weight is 290 g/mol. The van der Waals surface area contributed by atoms with E-state index in [0.29, 0.717) is 0 Å². The van der Waals surface area contributed by atoms with E-state index in [1.54, 1.807) is 7.11 Å². The first-order valence-electron chi connectivity index (χ1n) is 6.76. The molecule has 2 aromatic rings. The van der Waals surface area contributed by atoms with Crippen molar-refractivity contribution in [3.8, 4) is 11.1 Å². The smallest absolute Gasteiger partial charge is 0.0502 e. The molecule has 2 rings (SSSR count). The molecule has 0 saturated heterocycles. The van der Waals surface area contributed by atoms with Crippen LogP contribution >= 0.6 is 11.6 Å². The molecule has 106 valence electrons. The van der Waals surface area contributed by atoms with Gasteiger partial charge >= 0.3 is 0 Å². The van der Waals surface area contributed by atoms with Crippen molar-refractivity contribution in [2.45, 2.75) is 13.0 Å². The van der Waals surface area contributed by atoms with Crippen LogP contribution < -0.4 is 5.32 Å². The van der Waals surface area contributed by atoms with Crippen LogP contribution in [-0.4, -0.2) is 20.8 Å². The minimum atomic E-state index is 0.757. The van der Waals surface area contributed by atoms with Crippen LogP contribution in [0, 0.1) is 0 Å². The zero-order valence-corrected chi connectivity index (χ0v) is 12.7. The van der Waals surface area contributed by atoms with Gasteiger partial charge in [-0.3, -0.25) is 0 Å². The van der Waals surface area contributed by atoms with Crippen LogP contribution in [0.15, 0.2) is 42.5 Å². The fourth-order valence-corrected chi connectivity index (χ4v) is 2.35. The highest BCUT2D eigenvalue weighted by molar-refractivity contribution is 6.31. The first-order valence-corrected chi connectivity index (χ1v) is 7.13. The van der Waals surface area contributed by atoms with Crippen molar-refractivity contribution in [2.24, 2.45) is 0 Å². The number of hydrogen-bond donors (Lipinski definition) is 1. The van der Waals surface area contributed by atoms with Crippen molar-refractivity contribution >= 4 is 11.6 Å². The highest BCUT2D eigenvalue weighted by Crippen LogP contribution is 2.25. The maximum atomic E-state index is 6.19. The molecule has 0 spiro atoms. The van der Waals surface area contributed by atoms with Crippen LogP contribution in [0.4, 0.5) is 0 Å². The third-order valence-corrected chi connectivity index (χ3v) is 3.66. The van der Waals surface area contributed by atoms with Gasteiger partial charge in [0.1, 0.15) is 0 Å². The molecule has 20 heavy (non-hydrogen) atoms. The Labute approximate surface area is 125 Å². The Kier molecular flexibility index (Phi) is 5.60. The molecule has 0 amide bonds. The number of rotatable bonds is 6. The summed E-state index contributed by atoms with van der Waals surface area (Å²) in [5.74, 6) is 0. The number of halogens is 1. The third kappa shape index (κ3) is 3.83. The first-order chi connectivity index (χ1) is 9.74. The molecule has 0 fully saturated rings. The Morgan fingerprint density at radius 3 is 2.40 bits per heavy atom. The van der Waals surface area contributed by atoms with Gasteiger partial charge in [0, 0.05) is 18.7 Å². The molecule has 2 aromatic carbocycles. The molecular weight excluding hydrogens is 270 g/mol. The van der Waals surface area contributed by atoms with E-state index in [1.165, 1.54) is 16.7 Å². The fraction of sp³-hybridized carbons (Fsp3) is 0.294. The summed E-state index contributed by atoms with van der Waals surface area (Å²) in [7, 11) is 3.65. The molecular formula is C17H20ClNO. The van der Waals surface area contributed by atoms with Crippen LogP contribution in [0.1, 0.15) is 11.1 Å². The van der Waals surface area contributed by atoms with E-state index in [1.807, 2.05) is 13.1 Å². The lowest BCUT2D eigenvalue weighted by atomic mass is 10.0. The Bertz CT molecular complexity index is 551. The van der Waals surface area contributed by atoms with E-state index in [2.05, 4.69) is 41.7 Å². The van der Waals surface area contributed by atoms with Gasteiger partial charge in [0.25, 0.3) is 0 Å². The zero-order chi connectivity index (χ0) is 14.4. The maximum Gasteiger partial charge on any atom is 0.0502 e. The molecule has 2 nitrogen and oxygen atoms in total. The van der Waals surface area contributed by atoms with E-state index >= 15 is 0 Å². The lowest BCUT2D eigenvalue weighted by Gasteiger charge is -2.08. The highest BCUT2D eigenvalue weighted by Gasteiger charge is 2.04. The number of nitrogens with one attached hydrogen (secondary N) is 1. The lowest BCUT2D eigenvalue weighted by Crippen LogP contribution is -2.05. The Morgan fingerprint density at radius 1 is 1.05 bits per heavy atom. The minimum Gasteiger partial charge on any atom is -0.384 e. The second-order valence-corrected chi connectivity index (χ2v) is 5.18. The van der Waals surface area contributed by atoms with Gasteiger partial charge in [0.05, 0.1) is 6.61 Å². The number of ether oxygens (including phenoxy) is 1. The molecule has 0 heterocycles. The first kappa shape index (κ1) is 15.0. The highest BCUT2D eigenvalue weighted by atomic mass is 35.5. The Hall–Kier alpha value is -1.35. The van der Waals surface area contributed by atoms with Gasteiger partial charge in [-0.15, -0.1) is 0 Å². The second-order valence-electron chi connectivity index (χ2n) is 4.78. The summed E-state index contributed by atoms with van der Waals surface area (Å²) in [6, 6.07) is 14.8. The Morgan fingerprint density at radius 2 is 1.75 bits per heavy atom. The van der Waals surface area contributed by atoms with Gasteiger partial charge in [0.2, 0.25) is 0 Å². The Balaban J connectivity index is 2.20. The molecule has 0 radical (unpaired) electrons. The predicted molar refractivity (Wildman–Crippen MR) is 85.2 cm³/mol. The largest absolute Gasteiger partial charge is 0.384 e. The van der Waals surface area contributed by atoms with Gasteiger partial charge in [-0.1, -0.05) is 41.9 Å². The number of hydrogen-bond acceptors (Lipinski definition) is 2. The van der Waals surface area contributed by atoms with E-state index in [4.69, 9.17) is 16.3 Å². The molecule has 0 aliphatic carbocycles. The number of methoxy groups -OCH3 is 1. The van der Waals surface area contributed by atoms with Crippen LogP contribution in [0.3, 0.4) is 0 Å². The summed E-state index contributed by atoms with van der Waals surface area (Å²) in [5.41, 5.74) is 4.81. The lowest BCUT2D eigenvalue weighted by molar-refractivity contribution is 0.202. The molecule has 0 bridgehead atoms. The molecule has 0 aromatic heterocycles. The van der Waals surface area contributed by atoms with Crippen LogP contribution in [0.25, 0.3) is 11.1 Å². The summed E-state index contributed by atoms with van der Waals surface area (Å²) in [5, 5.41) is 3.94. The summed E-state index contributed by atoms with van der Waals surface area (Å²) in [6.07, 6.45) is 0.947. The standard InChI is InChI=1S/C17H20ClNO/c1-19-12-16-11-15(7-8-17(16)18)14-5-3-13(4-6-14)9-10-20-2/h3-8,11,19H,9-10,12H2,1-2H3. The minimum absolute atomic E-state index is 0.757. The van der Waals surface area contributed by atoms with E-state index in [-0.39, 0.29) is 0 Å². The molecule has 0 unspecified atom stereocenters. The van der Waals surface area contributed by atoms with Gasteiger partial charge in [-0.05, 0) is 47.9 Å². The van der Waals surface area contributed by atoms with Gasteiger partial charge in [-0.25, -0.2) is 0 Å².